The number of carbonyl (C=O) groups excluding carboxylic acids is 1. The van der Waals surface area contributed by atoms with Gasteiger partial charge in [-0.1, -0.05) is 31.7 Å². The molecule has 0 N–H and O–H groups in total. The van der Waals surface area contributed by atoms with Crippen LogP contribution in [0.4, 0.5) is 5.69 Å². The van der Waals surface area contributed by atoms with E-state index in [9.17, 15) is 4.79 Å². The van der Waals surface area contributed by atoms with Crippen molar-refractivity contribution in [3.05, 3.63) is 35.9 Å². The first-order valence-electron chi connectivity index (χ1n) is 4.56. The van der Waals surface area contributed by atoms with Gasteiger partial charge in [-0.25, -0.2) is 0 Å². The normalized spacial score (nSPS) is 10.4. The van der Waals surface area contributed by atoms with Crippen LogP contribution in [-0.2, 0) is 0 Å². The second kappa shape index (κ2) is 5.12. The third-order valence-corrected chi connectivity index (χ3v) is 1.86. The summed E-state index contributed by atoms with van der Waals surface area (Å²) in [7, 11) is 0. The number of hydrogen-bond acceptors (Lipinski definition) is 2. The Morgan fingerprint density at radius 3 is 2.86 bits per heavy atom. The Balaban J connectivity index is 3.21. The van der Waals surface area contributed by atoms with Crippen molar-refractivity contribution in [2.24, 2.45) is 4.99 Å². The van der Waals surface area contributed by atoms with E-state index in [1.807, 2.05) is 25.3 Å². The van der Waals surface area contributed by atoms with E-state index in [-0.39, 0.29) is 0 Å². The summed E-state index contributed by atoms with van der Waals surface area (Å²) in [6, 6.07) is 5.45. The molecule has 1 aromatic carbocycles. The molecule has 0 aliphatic rings. The fraction of sp³-hybridized carbons (Fsp3) is 0.167. The number of aldehydes is 1. The molecule has 72 valence electrons. The van der Waals surface area contributed by atoms with E-state index >= 15 is 0 Å². The minimum atomic E-state index is 0.630. The van der Waals surface area contributed by atoms with E-state index in [2.05, 4.69) is 11.6 Å². The highest BCUT2D eigenvalue weighted by atomic mass is 16.1. The van der Waals surface area contributed by atoms with Crippen molar-refractivity contribution in [2.75, 3.05) is 0 Å². The zero-order valence-corrected chi connectivity index (χ0v) is 8.23. The number of hydrogen-bond donors (Lipinski definition) is 0. The van der Waals surface area contributed by atoms with Gasteiger partial charge in [0.15, 0.2) is 6.29 Å². The van der Waals surface area contributed by atoms with Crippen molar-refractivity contribution in [3.63, 3.8) is 0 Å². The van der Waals surface area contributed by atoms with E-state index in [1.165, 1.54) is 0 Å². The number of rotatable bonds is 4. The topological polar surface area (TPSA) is 29.4 Å². The monoisotopic (exact) mass is 187 g/mol. The largest absolute Gasteiger partial charge is 0.298 e. The summed E-state index contributed by atoms with van der Waals surface area (Å²) in [5.74, 6) is 0. The molecule has 0 unspecified atom stereocenters. The van der Waals surface area contributed by atoms with Gasteiger partial charge in [-0.15, -0.1) is 0 Å². The first-order chi connectivity index (χ1) is 6.83. The third kappa shape index (κ3) is 2.16. The van der Waals surface area contributed by atoms with Crippen molar-refractivity contribution in [1.29, 1.82) is 0 Å². The van der Waals surface area contributed by atoms with Crippen molar-refractivity contribution in [2.45, 2.75) is 13.3 Å². The molecule has 2 nitrogen and oxygen atoms in total. The molecule has 1 rings (SSSR count). The smallest absolute Gasteiger partial charge is 0.150 e. The summed E-state index contributed by atoms with van der Waals surface area (Å²) in [5, 5.41) is 0. The van der Waals surface area contributed by atoms with Gasteiger partial charge in [-0.2, -0.15) is 0 Å². The summed E-state index contributed by atoms with van der Waals surface area (Å²) >= 11 is 0. The fourth-order valence-electron chi connectivity index (χ4n) is 1.20. The third-order valence-electron chi connectivity index (χ3n) is 1.86. The zero-order chi connectivity index (χ0) is 10.4. The highest BCUT2D eigenvalue weighted by Crippen LogP contribution is 2.22. The van der Waals surface area contributed by atoms with Crippen LogP contribution in [0.25, 0.3) is 6.08 Å². The Hall–Kier alpha value is -1.70. The van der Waals surface area contributed by atoms with Gasteiger partial charge < -0.3 is 0 Å². The molecule has 0 amide bonds. The number of benzene rings is 1. The molecular formula is C12H13NO. The van der Waals surface area contributed by atoms with Crippen molar-refractivity contribution < 1.29 is 4.79 Å². The van der Waals surface area contributed by atoms with Gasteiger partial charge in [0.2, 0.25) is 0 Å². The Kier molecular flexibility index (Phi) is 3.80. The molecule has 2 heteroatoms. The number of nitrogens with zero attached hydrogens (tertiary/aromatic N) is 1. The Morgan fingerprint density at radius 2 is 2.29 bits per heavy atom. The summed E-state index contributed by atoms with van der Waals surface area (Å²) in [4.78, 5) is 15.0. The van der Waals surface area contributed by atoms with Crippen LogP contribution in [-0.4, -0.2) is 12.5 Å². The lowest BCUT2D eigenvalue weighted by Gasteiger charge is -2.02. The lowest BCUT2D eigenvalue weighted by molar-refractivity contribution is 0.112. The summed E-state index contributed by atoms with van der Waals surface area (Å²) in [5.41, 5.74) is 2.23. The van der Waals surface area contributed by atoms with Crippen LogP contribution in [0.3, 0.4) is 0 Å². The zero-order valence-electron chi connectivity index (χ0n) is 8.23. The van der Waals surface area contributed by atoms with Crippen LogP contribution in [0.2, 0.25) is 0 Å². The van der Waals surface area contributed by atoms with Crippen molar-refractivity contribution in [3.8, 4) is 0 Å². The van der Waals surface area contributed by atoms with Crippen LogP contribution in [0.15, 0.2) is 29.8 Å². The molecule has 0 aliphatic carbocycles. The number of carbonyl (C=O) groups is 1. The van der Waals surface area contributed by atoms with E-state index < -0.39 is 0 Å². The average molecular weight is 187 g/mol. The highest BCUT2D eigenvalue weighted by molar-refractivity contribution is 5.86. The molecule has 0 aliphatic heterocycles. The van der Waals surface area contributed by atoms with Gasteiger partial charge in [0, 0.05) is 17.3 Å². The van der Waals surface area contributed by atoms with Crippen LogP contribution in [0.5, 0.6) is 0 Å². The van der Waals surface area contributed by atoms with Gasteiger partial charge in [0.1, 0.15) is 0 Å². The standard InChI is InChI=1S/C12H13NO/c1-3-8-13-12-7-5-6-10(9-14)11(12)4-2/h4-9H,2-3H2,1H3. The van der Waals surface area contributed by atoms with Gasteiger partial charge >= 0.3 is 0 Å². The maximum atomic E-state index is 10.7. The Labute approximate surface area is 84.0 Å². The molecule has 0 heterocycles. The maximum Gasteiger partial charge on any atom is 0.150 e. The molecular weight excluding hydrogens is 174 g/mol. The molecule has 0 bridgehead atoms. The Morgan fingerprint density at radius 1 is 1.50 bits per heavy atom. The molecule has 0 fully saturated rings. The summed E-state index contributed by atoms with van der Waals surface area (Å²) < 4.78 is 0. The molecule has 0 saturated carbocycles. The minimum Gasteiger partial charge on any atom is -0.298 e. The summed E-state index contributed by atoms with van der Waals surface area (Å²) in [6.07, 6.45) is 5.17. The van der Waals surface area contributed by atoms with Crippen molar-refractivity contribution >= 4 is 24.3 Å². The Bertz CT molecular complexity index is 367. The van der Waals surface area contributed by atoms with E-state index in [4.69, 9.17) is 0 Å². The maximum absolute atomic E-state index is 10.7. The predicted octanol–water partition coefficient (Wildman–Crippen LogP) is 3.25. The highest BCUT2D eigenvalue weighted by Gasteiger charge is 2.01. The van der Waals surface area contributed by atoms with Crippen molar-refractivity contribution in [1.82, 2.24) is 0 Å². The van der Waals surface area contributed by atoms with E-state index in [1.54, 1.807) is 12.1 Å². The number of aliphatic imine (C=N–C) groups is 1. The van der Waals surface area contributed by atoms with E-state index in [0.717, 1.165) is 24.0 Å². The molecule has 0 atom stereocenters. The molecule has 0 saturated heterocycles. The van der Waals surface area contributed by atoms with Gasteiger partial charge in [-0.05, 0) is 12.5 Å². The fourth-order valence-corrected chi connectivity index (χ4v) is 1.20. The first kappa shape index (κ1) is 10.4. The minimum absolute atomic E-state index is 0.630. The summed E-state index contributed by atoms with van der Waals surface area (Å²) in [6.45, 7) is 5.69. The molecule has 0 spiro atoms. The first-order valence-corrected chi connectivity index (χ1v) is 4.56. The second-order valence-corrected chi connectivity index (χ2v) is 2.82. The van der Waals surface area contributed by atoms with E-state index in [0.29, 0.717) is 5.56 Å². The van der Waals surface area contributed by atoms with Crippen LogP contribution in [0.1, 0.15) is 29.3 Å². The second-order valence-electron chi connectivity index (χ2n) is 2.82. The molecule has 0 radical (unpaired) electrons. The lowest BCUT2D eigenvalue weighted by atomic mass is 10.1. The molecule has 14 heavy (non-hydrogen) atoms. The van der Waals surface area contributed by atoms with Crippen LogP contribution < -0.4 is 0 Å². The molecule has 1 aromatic rings. The SMILES string of the molecule is C=Cc1c(C=O)cccc1N=CCC. The van der Waals surface area contributed by atoms with Gasteiger partial charge in [0.25, 0.3) is 0 Å². The lowest BCUT2D eigenvalue weighted by Crippen LogP contribution is -1.86. The average Bonchev–Trinajstić information content (AvgIpc) is 2.25. The molecule has 0 aromatic heterocycles. The van der Waals surface area contributed by atoms with Crippen LogP contribution in [0, 0.1) is 0 Å². The van der Waals surface area contributed by atoms with Crippen LogP contribution >= 0.6 is 0 Å². The van der Waals surface area contributed by atoms with Gasteiger partial charge in [-0.3, -0.25) is 9.79 Å². The predicted molar refractivity (Wildman–Crippen MR) is 60.4 cm³/mol. The quantitative estimate of drug-likeness (QED) is 0.525. The van der Waals surface area contributed by atoms with Gasteiger partial charge in [0.05, 0.1) is 5.69 Å².